The summed E-state index contributed by atoms with van der Waals surface area (Å²) in [6, 6.07) is 0. The topological polar surface area (TPSA) is 41.3 Å². The molecule has 3 unspecified atom stereocenters. The summed E-state index contributed by atoms with van der Waals surface area (Å²) in [5, 5.41) is 15.7. The molecular weight excluding hydrogens is 318 g/mol. The van der Waals surface area contributed by atoms with Crippen LogP contribution in [0.3, 0.4) is 0 Å². The van der Waals surface area contributed by atoms with Crippen molar-refractivity contribution < 1.29 is 5.11 Å². The summed E-state index contributed by atoms with van der Waals surface area (Å²) in [5.41, 5.74) is 0.192. The lowest BCUT2D eigenvalue weighted by Crippen LogP contribution is -2.41. The van der Waals surface area contributed by atoms with E-state index in [9.17, 15) is 5.11 Å². The molecular formula is C15H26BrN3O. The van der Waals surface area contributed by atoms with E-state index in [4.69, 9.17) is 0 Å². The van der Waals surface area contributed by atoms with Crippen molar-refractivity contribution in [2.75, 3.05) is 20.6 Å². The van der Waals surface area contributed by atoms with Crippen LogP contribution in [-0.2, 0) is 12.1 Å². The molecule has 3 atom stereocenters. The third-order valence-electron chi connectivity index (χ3n) is 4.53. The highest BCUT2D eigenvalue weighted by atomic mass is 79.9. The fourth-order valence-corrected chi connectivity index (χ4v) is 3.83. The Morgan fingerprint density at radius 3 is 2.80 bits per heavy atom. The van der Waals surface area contributed by atoms with Crippen molar-refractivity contribution >= 4 is 15.9 Å². The first-order valence-electron chi connectivity index (χ1n) is 7.43. The van der Waals surface area contributed by atoms with Gasteiger partial charge in [-0.2, -0.15) is 5.10 Å². The predicted molar refractivity (Wildman–Crippen MR) is 84.6 cm³/mol. The van der Waals surface area contributed by atoms with E-state index in [-0.39, 0.29) is 5.92 Å². The summed E-state index contributed by atoms with van der Waals surface area (Å²) in [4.78, 5) is 2.14. The second kappa shape index (κ2) is 6.16. The van der Waals surface area contributed by atoms with E-state index in [0.717, 1.165) is 36.1 Å². The van der Waals surface area contributed by atoms with Crippen LogP contribution in [0.1, 0.15) is 38.8 Å². The van der Waals surface area contributed by atoms with Gasteiger partial charge >= 0.3 is 0 Å². The van der Waals surface area contributed by atoms with Crippen LogP contribution in [0.5, 0.6) is 0 Å². The molecule has 1 saturated carbocycles. The molecule has 0 bridgehead atoms. The van der Waals surface area contributed by atoms with Gasteiger partial charge in [0.15, 0.2) is 0 Å². The van der Waals surface area contributed by atoms with Gasteiger partial charge in [0.25, 0.3) is 0 Å². The second-order valence-corrected chi connectivity index (χ2v) is 7.43. The zero-order valence-corrected chi connectivity index (χ0v) is 14.5. The van der Waals surface area contributed by atoms with Gasteiger partial charge in [-0.1, -0.05) is 20.3 Å². The van der Waals surface area contributed by atoms with Gasteiger partial charge in [0.2, 0.25) is 0 Å². The fraction of sp³-hybridized carbons (Fsp3) is 0.800. The highest BCUT2D eigenvalue weighted by Crippen LogP contribution is 2.45. The van der Waals surface area contributed by atoms with E-state index in [1.165, 1.54) is 6.42 Å². The van der Waals surface area contributed by atoms with Crippen LogP contribution in [0.4, 0.5) is 0 Å². The summed E-state index contributed by atoms with van der Waals surface area (Å²) >= 11 is 3.59. The molecule has 4 nitrogen and oxygen atoms in total. The standard InChI is InChI=1S/C15H26BrN3O/c1-11-5-6-12(2)15(20,9-11)14-13(16)10-17-19(14)8-7-18(3)4/h10-12,20H,5-9H2,1-4H3. The molecule has 0 amide bonds. The molecule has 0 aliphatic heterocycles. The third kappa shape index (κ3) is 3.10. The van der Waals surface area contributed by atoms with E-state index in [0.29, 0.717) is 5.92 Å². The van der Waals surface area contributed by atoms with Gasteiger partial charge in [0.05, 0.1) is 22.9 Å². The zero-order valence-electron chi connectivity index (χ0n) is 12.9. The zero-order chi connectivity index (χ0) is 14.9. The minimum atomic E-state index is -0.765. The van der Waals surface area contributed by atoms with Gasteiger partial charge < -0.3 is 10.0 Å². The number of hydrogen-bond donors (Lipinski definition) is 1. The van der Waals surface area contributed by atoms with Crippen LogP contribution in [0, 0.1) is 11.8 Å². The van der Waals surface area contributed by atoms with Crippen molar-refractivity contribution in [2.45, 2.75) is 45.3 Å². The van der Waals surface area contributed by atoms with E-state index >= 15 is 0 Å². The first kappa shape index (κ1) is 16.0. The Bertz CT molecular complexity index is 460. The summed E-state index contributed by atoms with van der Waals surface area (Å²) in [6.07, 6.45) is 4.91. The largest absolute Gasteiger partial charge is 0.383 e. The second-order valence-electron chi connectivity index (χ2n) is 6.58. The minimum absolute atomic E-state index is 0.268. The molecule has 2 rings (SSSR count). The van der Waals surface area contributed by atoms with Crippen molar-refractivity contribution in [3.8, 4) is 0 Å². The van der Waals surface area contributed by atoms with Gasteiger partial charge in [0.1, 0.15) is 5.60 Å². The van der Waals surface area contributed by atoms with Crippen molar-refractivity contribution in [3.63, 3.8) is 0 Å². The average Bonchev–Trinajstić information content (AvgIpc) is 2.73. The van der Waals surface area contributed by atoms with Gasteiger partial charge in [-0.3, -0.25) is 4.68 Å². The molecule has 0 radical (unpaired) electrons. The summed E-state index contributed by atoms with van der Waals surface area (Å²) in [6.45, 7) is 6.10. The molecule has 0 spiro atoms. The SMILES string of the molecule is CC1CCC(C)C(O)(c2c(Br)cnn2CCN(C)C)C1. The van der Waals surface area contributed by atoms with Crippen LogP contribution < -0.4 is 0 Å². The molecule has 114 valence electrons. The van der Waals surface area contributed by atoms with Crippen LogP contribution >= 0.6 is 15.9 Å². The van der Waals surface area contributed by atoms with E-state index in [1.807, 2.05) is 10.9 Å². The Kier molecular flexibility index (Phi) is 4.92. The maximum Gasteiger partial charge on any atom is 0.110 e. The van der Waals surface area contributed by atoms with Crippen molar-refractivity contribution in [2.24, 2.45) is 11.8 Å². The highest BCUT2D eigenvalue weighted by Gasteiger charge is 2.43. The predicted octanol–water partition coefficient (Wildman–Crippen LogP) is 2.85. The van der Waals surface area contributed by atoms with Crippen LogP contribution in [0.15, 0.2) is 10.7 Å². The summed E-state index contributed by atoms with van der Waals surface area (Å²) in [7, 11) is 4.11. The smallest absolute Gasteiger partial charge is 0.110 e. The van der Waals surface area contributed by atoms with E-state index < -0.39 is 5.60 Å². The molecule has 1 aliphatic rings. The lowest BCUT2D eigenvalue weighted by Gasteiger charge is -2.41. The normalized spacial score (nSPS) is 30.9. The maximum atomic E-state index is 11.3. The molecule has 0 aromatic carbocycles. The third-order valence-corrected chi connectivity index (χ3v) is 5.11. The maximum absolute atomic E-state index is 11.3. The van der Waals surface area contributed by atoms with Crippen molar-refractivity contribution in [3.05, 3.63) is 16.4 Å². The number of aromatic nitrogens is 2. The number of nitrogens with zero attached hydrogens (tertiary/aromatic N) is 3. The molecule has 0 saturated heterocycles. The van der Waals surface area contributed by atoms with Crippen LogP contribution in [-0.4, -0.2) is 40.4 Å². The first-order chi connectivity index (χ1) is 9.34. The lowest BCUT2D eigenvalue weighted by molar-refractivity contribution is -0.0700. The molecule has 1 aromatic rings. The molecule has 1 aromatic heterocycles. The fourth-order valence-electron chi connectivity index (χ4n) is 3.19. The van der Waals surface area contributed by atoms with Gasteiger partial charge in [-0.15, -0.1) is 0 Å². The van der Waals surface area contributed by atoms with Gasteiger partial charge in [-0.25, -0.2) is 0 Å². The monoisotopic (exact) mass is 343 g/mol. The van der Waals surface area contributed by atoms with Crippen molar-refractivity contribution in [1.29, 1.82) is 0 Å². The molecule has 20 heavy (non-hydrogen) atoms. The van der Waals surface area contributed by atoms with Gasteiger partial charge in [0, 0.05) is 6.54 Å². The Balaban J connectivity index is 2.32. The Morgan fingerprint density at radius 2 is 2.15 bits per heavy atom. The molecule has 1 aliphatic carbocycles. The van der Waals surface area contributed by atoms with Gasteiger partial charge in [-0.05, 0) is 54.7 Å². The quantitative estimate of drug-likeness (QED) is 0.913. The van der Waals surface area contributed by atoms with Crippen LogP contribution in [0.25, 0.3) is 0 Å². The lowest BCUT2D eigenvalue weighted by atomic mass is 9.70. The summed E-state index contributed by atoms with van der Waals surface area (Å²) < 4.78 is 2.90. The molecule has 1 N–H and O–H groups in total. The number of aliphatic hydroxyl groups is 1. The minimum Gasteiger partial charge on any atom is -0.383 e. The first-order valence-corrected chi connectivity index (χ1v) is 8.22. The number of likely N-dealkylation sites (N-methyl/N-ethyl adjacent to an activating group) is 1. The number of hydrogen-bond acceptors (Lipinski definition) is 3. The van der Waals surface area contributed by atoms with Crippen molar-refractivity contribution in [1.82, 2.24) is 14.7 Å². The van der Waals surface area contributed by atoms with Crippen LogP contribution in [0.2, 0.25) is 0 Å². The Hall–Kier alpha value is -0.390. The molecule has 1 heterocycles. The number of rotatable bonds is 4. The average molecular weight is 344 g/mol. The molecule has 1 fully saturated rings. The summed E-state index contributed by atoms with van der Waals surface area (Å²) in [5.74, 6) is 0.824. The van der Waals surface area contributed by atoms with E-state index in [1.54, 1.807) is 0 Å². The number of halogens is 1. The molecule has 5 heteroatoms. The Labute approximate surface area is 130 Å². The highest BCUT2D eigenvalue weighted by molar-refractivity contribution is 9.10. The van der Waals surface area contributed by atoms with E-state index in [2.05, 4.69) is 53.9 Å². The Morgan fingerprint density at radius 1 is 1.45 bits per heavy atom.